The number of esters is 2. The average molecular weight is 240 g/mol. The van der Waals surface area contributed by atoms with E-state index in [-0.39, 0.29) is 24.5 Å². The van der Waals surface area contributed by atoms with Crippen molar-refractivity contribution in [2.24, 2.45) is 0 Å². The second kappa shape index (κ2) is 5.38. The van der Waals surface area contributed by atoms with Gasteiger partial charge in [0, 0.05) is 0 Å². The molecule has 6 nitrogen and oxygen atoms in total. The zero-order chi connectivity index (χ0) is 13.0. The SMILES string of the molecule is CCOC(=O)c1cc(C(=O)OCC)n(N)c1C. The molecule has 0 aliphatic rings. The number of nitrogen functional groups attached to an aromatic ring is 1. The van der Waals surface area contributed by atoms with E-state index in [1.807, 2.05) is 0 Å². The van der Waals surface area contributed by atoms with Crippen molar-refractivity contribution in [2.75, 3.05) is 19.1 Å². The van der Waals surface area contributed by atoms with Crippen LogP contribution >= 0.6 is 0 Å². The molecule has 0 aliphatic heterocycles. The van der Waals surface area contributed by atoms with Gasteiger partial charge in [-0.2, -0.15) is 0 Å². The maximum Gasteiger partial charge on any atom is 0.356 e. The molecule has 1 heterocycles. The van der Waals surface area contributed by atoms with Gasteiger partial charge >= 0.3 is 11.9 Å². The number of ether oxygens (including phenoxy) is 2. The van der Waals surface area contributed by atoms with Crippen LogP contribution in [0.15, 0.2) is 6.07 Å². The fourth-order valence-electron chi connectivity index (χ4n) is 1.40. The third kappa shape index (κ3) is 2.58. The van der Waals surface area contributed by atoms with Crippen LogP contribution in [0.3, 0.4) is 0 Å². The van der Waals surface area contributed by atoms with Crippen molar-refractivity contribution >= 4 is 11.9 Å². The van der Waals surface area contributed by atoms with Crippen molar-refractivity contribution < 1.29 is 19.1 Å². The van der Waals surface area contributed by atoms with Crippen LogP contribution in [0.5, 0.6) is 0 Å². The molecule has 0 unspecified atom stereocenters. The summed E-state index contributed by atoms with van der Waals surface area (Å²) in [6, 6.07) is 1.38. The smallest absolute Gasteiger partial charge is 0.356 e. The van der Waals surface area contributed by atoms with Crippen LogP contribution in [-0.2, 0) is 9.47 Å². The predicted molar refractivity (Wildman–Crippen MR) is 61.2 cm³/mol. The molecule has 0 fully saturated rings. The highest BCUT2D eigenvalue weighted by molar-refractivity contribution is 5.96. The minimum Gasteiger partial charge on any atom is -0.462 e. The van der Waals surface area contributed by atoms with Gasteiger partial charge in [-0.05, 0) is 26.8 Å². The Morgan fingerprint density at radius 2 is 1.76 bits per heavy atom. The average Bonchev–Trinajstić information content (AvgIpc) is 2.57. The minimum absolute atomic E-state index is 0.132. The largest absolute Gasteiger partial charge is 0.462 e. The van der Waals surface area contributed by atoms with Gasteiger partial charge in [-0.15, -0.1) is 0 Å². The fraction of sp³-hybridized carbons (Fsp3) is 0.455. The van der Waals surface area contributed by atoms with E-state index in [9.17, 15) is 9.59 Å². The number of nitrogens with two attached hydrogens (primary N) is 1. The lowest BCUT2D eigenvalue weighted by Crippen LogP contribution is -2.19. The Hall–Kier alpha value is -1.98. The molecule has 1 aromatic rings. The number of hydrogen-bond donors (Lipinski definition) is 1. The molecule has 6 heteroatoms. The van der Waals surface area contributed by atoms with Crippen LogP contribution in [0.1, 0.15) is 40.4 Å². The lowest BCUT2D eigenvalue weighted by molar-refractivity contribution is 0.0514. The first-order chi connectivity index (χ1) is 8.02. The molecular formula is C11H16N2O4. The van der Waals surface area contributed by atoms with E-state index in [1.165, 1.54) is 6.07 Å². The molecule has 1 aromatic heterocycles. The topological polar surface area (TPSA) is 83.6 Å². The van der Waals surface area contributed by atoms with Crippen LogP contribution in [0.2, 0.25) is 0 Å². The van der Waals surface area contributed by atoms with Crippen LogP contribution < -0.4 is 5.84 Å². The summed E-state index contributed by atoms with van der Waals surface area (Å²) < 4.78 is 10.8. The Kier molecular flexibility index (Phi) is 4.14. The third-order valence-corrected chi connectivity index (χ3v) is 2.27. The minimum atomic E-state index is -0.561. The molecule has 0 atom stereocenters. The zero-order valence-electron chi connectivity index (χ0n) is 10.1. The quantitative estimate of drug-likeness (QED) is 0.623. The predicted octanol–water partition coefficient (Wildman–Crippen LogP) is 0.864. The van der Waals surface area contributed by atoms with Crippen molar-refractivity contribution in [2.45, 2.75) is 20.8 Å². The lowest BCUT2D eigenvalue weighted by Gasteiger charge is -2.04. The molecule has 0 saturated heterocycles. The van der Waals surface area contributed by atoms with Gasteiger partial charge in [0.05, 0.1) is 24.5 Å². The highest BCUT2D eigenvalue weighted by atomic mass is 16.5. The van der Waals surface area contributed by atoms with Crippen LogP contribution in [0, 0.1) is 6.92 Å². The monoisotopic (exact) mass is 240 g/mol. The maximum atomic E-state index is 11.6. The van der Waals surface area contributed by atoms with Gasteiger partial charge < -0.3 is 15.3 Å². The molecule has 94 valence electrons. The van der Waals surface area contributed by atoms with Crippen LogP contribution in [0.25, 0.3) is 0 Å². The van der Waals surface area contributed by atoms with Crippen molar-refractivity contribution in [1.82, 2.24) is 4.68 Å². The summed E-state index contributed by atoms with van der Waals surface area (Å²) in [6.07, 6.45) is 0. The number of aromatic nitrogens is 1. The Morgan fingerprint density at radius 3 is 2.29 bits per heavy atom. The molecule has 0 saturated carbocycles. The van der Waals surface area contributed by atoms with Crippen LogP contribution in [0.4, 0.5) is 0 Å². The Morgan fingerprint density at radius 1 is 1.24 bits per heavy atom. The van der Waals surface area contributed by atoms with Gasteiger partial charge in [0.2, 0.25) is 0 Å². The van der Waals surface area contributed by atoms with E-state index >= 15 is 0 Å². The molecule has 0 radical (unpaired) electrons. The number of hydrogen-bond acceptors (Lipinski definition) is 5. The molecule has 0 aromatic carbocycles. The summed E-state index contributed by atoms with van der Waals surface area (Å²) in [5.74, 6) is 4.61. The molecule has 2 N–H and O–H groups in total. The highest BCUT2D eigenvalue weighted by Gasteiger charge is 2.21. The molecule has 0 bridgehead atoms. The zero-order valence-corrected chi connectivity index (χ0v) is 10.1. The summed E-state index contributed by atoms with van der Waals surface area (Å²) >= 11 is 0. The molecular weight excluding hydrogens is 224 g/mol. The number of nitrogens with zero attached hydrogens (tertiary/aromatic N) is 1. The van der Waals surface area contributed by atoms with Gasteiger partial charge in [0.1, 0.15) is 5.69 Å². The molecule has 0 aliphatic carbocycles. The second-order valence-corrected chi connectivity index (χ2v) is 3.34. The highest BCUT2D eigenvalue weighted by Crippen LogP contribution is 2.15. The lowest BCUT2D eigenvalue weighted by atomic mass is 10.2. The molecule has 0 spiro atoms. The van der Waals surface area contributed by atoms with Gasteiger partial charge in [-0.1, -0.05) is 0 Å². The number of rotatable bonds is 4. The van der Waals surface area contributed by atoms with E-state index in [1.54, 1.807) is 20.8 Å². The first-order valence-corrected chi connectivity index (χ1v) is 5.34. The van der Waals surface area contributed by atoms with E-state index < -0.39 is 11.9 Å². The fourth-order valence-corrected chi connectivity index (χ4v) is 1.40. The van der Waals surface area contributed by atoms with E-state index in [0.717, 1.165) is 4.68 Å². The molecule has 17 heavy (non-hydrogen) atoms. The van der Waals surface area contributed by atoms with Crippen molar-refractivity contribution in [3.8, 4) is 0 Å². The second-order valence-electron chi connectivity index (χ2n) is 3.34. The molecule has 1 rings (SSSR count). The van der Waals surface area contributed by atoms with Crippen molar-refractivity contribution in [1.29, 1.82) is 0 Å². The van der Waals surface area contributed by atoms with E-state index in [4.69, 9.17) is 15.3 Å². The Labute approximate surface area is 99.3 Å². The summed E-state index contributed by atoms with van der Waals surface area (Å²) in [5, 5.41) is 0. The van der Waals surface area contributed by atoms with Gasteiger partial charge in [-0.25, -0.2) is 9.59 Å². The number of carbonyl (C=O) groups excluding carboxylic acids is 2. The third-order valence-electron chi connectivity index (χ3n) is 2.27. The summed E-state index contributed by atoms with van der Waals surface area (Å²) in [4.78, 5) is 23.1. The van der Waals surface area contributed by atoms with Gasteiger partial charge in [0.25, 0.3) is 0 Å². The first kappa shape index (κ1) is 13.1. The standard InChI is InChI=1S/C11H16N2O4/c1-4-16-10(14)8-6-9(11(15)17-5-2)13(12)7(8)3/h6H,4-5,12H2,1-3H3. The summed E-state index contributed by atoms with van der Waals surface area (Å²) in [5.41, 5.74) is 0.872. The van der Waals surface area contributed by atoms with Gasteiger partial charge in [0.15, 0.2) is 0 Å². The summed E-state index contributed by atoms with van der Waals surface area (Å²) in [7, 11) is 0. The molecule has 0 amide bonds. The van der Waals surface area contributed by atoms with Crippen molar-refractivity contribution in [3.63, 3.8) is 0 Å². The normalized spacial score (nSPS) is 10.1. The van der Waals surface area contributed by atoms with Crippen LogP contribution in [-0.4, -0.2) is 29.8 Å². The van der Waals surface area contributed by atoms with Crippen molar-refractivity contribution in [3.05, 3.63) is 23.0 Å². The Balaban J connectivity index is 3.07. The first-order valence-electron chi connectivity index (χ1n) is 5.34. The van der Waals surface area contributed by atoms with E-state index in [2.05, 4.69) is 0 Å². The van der Waals surface area contributed by atoms with E-state index in [0.29, 0.717) is 5.69 Å². The van der Waals surface area contributed by atoms with Gasteiger partial charge in [-0.3, -0.25) is 4.68 Å². The Bertz CT molecular complexity index is 398. The maximum absolute atomic E-state index is 11.6. The number of carbonyl (C=O) groups is 2. The summed E-state index contributed by atoms with van der Waals surface area (Å²) in [6.45, 7) is 5.55.